The Morgan fingerprint density at radius 3 is 2.62 bits per heavy atom. The molecule has 1 aromatic rings. The Balaban J connectivity index is 2.63. The van der Waals surface area contributed by atoms with Crippen LogP contribution < -0.4 is 16.6 Å². The molecule has 16 heavy (non-hydrogen) atoms. The molecule has 0 saturated heterocycles. The Kier molecular flexibility index (Phi) is 4.32. The third-order valence-electron chi connectivity index (χ3n) is 1.77. The molecule has 0 radical (unpaired) electrons. The number of anilines is 2. The van der Waals surface area contributed by atoms with Crippen LogP contribution in [-0.2, 0) is 0 Å². The van der Waals surface area contributed by atoms with Crippen molar-refractivity contribution in [3.05, 3.63) is 11.9 Å². The van der Waals surface area contributed by atoms with Gasteiger partial charge in [0.05, 0.1) is 0 Å². The van der Waals surface area contributed by atoms with Crippen molar-refractivity contribution in [2.75, 3.05) is 17.3 Å². The highest BCUT2D eigenvalue weighted by atomic mass is 19.3. The van der Waals surface area contributed by atoms with Gasteiger partial charge in [0, 0.05) is 12.6 Å². The lowest BCUT2D eigenvalue weighted by Gasteiger charge is -2.12. The van der Waals surface area contributed by atoms with E-state index in [2.05, 4.69) is 20.7 Å². The first kappa shape index (κ1) is 12.5. The minimum atomic E-state index is -2.79. The normalized spacial score (nSPS) is 12.6. The quantitative estimate of drug-likeness (QED) is 0.426. The lowest BCUT2D eigenvalue weighted by molar-refractivity contribution is 0.00380. The molecule has 1 rings (SSSR count). The molecule has 0 aliphatic carbocycles. The van der Waals surface area contributed by atoms with Crippen LogP contribution in [0.15, 0.2) is 6.07 Å². The maximum Gasteiger partial charge on any atom is 0.265 e. The zero-order valence-electron chi connectivity index (χ0n) is 8.61. The van der Waals surface area contributed by atoms with Crippen LogP contribution >= 0.6 is 0 Å². The lowest BCUT2D eigenvalue weighted by atomic mass is 10.3. The number of aliphatic hydroxyl groups excluding tert-OH is 1. The van der Waals surface area contributed by atoms with E-state index < -0.39 is 12.5 Å². The number of alkyl halides is 2. The fraction of sp³-hybridized carbons (Fsp3) is 0.500. The number of aliphatic hydroxyl groups is 1. The van der Waals surface area contributed by atoms with Gasteiger partial charge in [0.25, 0.3) is 6.43 Å². The van der Waals surface area contributed by atoms with Gasteiger partial charge in [-0.05, 0) is 6.92 Å². The van der Waals surface area contributed by atoms with E-state index in [1.54, 1.807) is 6.92 Å². The third kappa shape index (κ3) is 3.55. The number of nitrogens with two attached hydrogens (primary N) is 1. The maximum atomic E-state index is 12.0. The van der Waals surface area contributed by atoms with Crippen LogP contribution in [0, 0.1) is 6.92 Å². The van der Waals surface area contributed by atoms with Gasteiger partial charge in [-0.25, -0.2) is 24.6 Å². The molecule has 1 heterocycles. The minimum Gasteiger partial charge on any atom is -0.385 e. The predicted molar refractivity (Wildman–Crippen MR) is 55.1 cm³/mol. The number of hydrogen-bond donors (Lipinski definition) is 4. The minimum absolute atomic E-state index is 0.294. The molecule has 5 N–H and O–H groups in total. The highest BCUT2D eigenvalue weighted by molar-refractivity contribution is 5.46. The zero-order chi connectivity index (χ0) is 12.1. The summed E-state index contributed by atoms with van der Waals surface area (Å²) >= 11 is 0. The van der Waals surface area contributed by atoms with Crippen molar-refractivity contribution in [2.45, 2.75) is 19.5 Å². The van der Waals surface area contributed by atoms with Crippen LogP contribution in [0.4, 0.5) is 20.4 Å². The first-order valence-electron chi connectivity index (χ1n) is 4.55. The topological polar surface area (TPSA) is 96.1 Å². The summed E-state index contributed by atoms with van der Waals surface area (Å²) in [6, 6.07) is 1.45. The second-order valence-electron chi connectivity index (χ2n) is 3.11. The Morgan fingerprint density at radius 1 is 1.44 bits per heavy atom. The van der Waals surface area contributed by atoms with Gasteiger partial charge in [-0.3, -0.25) is 0 Å². The Morgan fingerprint density at radius 2 is 2.06 bits per heavy atom. The van der Waals surface area contributed by atoms with Crippen molar-refractivity contribution in [2.24, 2.45) is 5.84 Å². The summed E-state index contributed by atoms with van der Waals surface area (Å²) in [5.41, 5.74) is 2.32. The molecule has 8 heteroatoms. The molecule has 6 nitrogen and oxygen atoms in total. The van der Waals surface area contributed by atoms with E-state index in [0.717, 1.165) is 0 Å². The van der Waals surface area contributed by atoms with E-state index in [9.17, 15) is 8.78 Å². The van der Waals surface area contributed by atoms with Crippen LogP contribution in [0.3, 0.4) is 0 Å². The van der Waals surface area contributed by atoms with E-state index in [1.165, 1.54) is 6.07 Å². The Labute approximate surface area is 90.9 Å². The molecule has 0 saturated carbocycles. The molecule has 0 aromatic carbocycles. The highest BCUT2D eigenvalue weighted by Gasteiger charge is 2.16. The van der Waals surface area contributed by atoms with Gasteiger partial charge in [-0.2, -0.15) is 0 Å². The summed E-state index contributed by atoms with van der Waals surface area (Å²) in [4.78, 5) is 7.86. The summed E-state index contributed by atoms with van der Waals surface area (Å²) in [7, 11) is 0. The molecule has 90 valence electrons. The van der Waals surface area contributed by atoms with Crippen molar-refractivity contribution >= 4 is 11.6 Å². The van der Waals surface area contributed by atoms with Gasteiger partial charge in [0.2, 0.25) is 0 Å². The van der Waals surface area contributed by atoms with Gasteiger partial charge in [-0.15, -0.1) is 0 Å². The van der Waals surface area contributed by atoms with Crippen molar-refractivity contribution in [3.8, 4) is 0 Å². The fourth-order valence-corrected chi connectivity index (χ4v) is 1.03. The Hall–Kier alpha value is -1.54. The molecule has 1 atom stereocenters. The summed E-state index contributed by atoms with van der Waals surface area (Å²) in [5.74, 6) is 6.27. The number of halogens is 2. The molecular weight excluding hydrogens is 220 g/mol. The number of aromatic nitrogens is 2. The van der Waals surface area contributed by atoms with E-state index in [0.29, 0.717) is 17.5 Å². The van der Waals surface area contributed by atoms with Crippen molar-refractivity contribution < 1.29 is 13.9 Å². The summed E-state index contributed by atoms with van der Waals surface area (Å²) in [6.45, 7) is 1.34. The smallest absolute Gasteiger partial charge is 0.265 e. The number of aryl methyl sites for hydroxylation is 1. The average Bonchev–Trinajstić information content (AvgIpc) is 2.24. The molecular formula is C8H13F2N5O. The largest absolute Gasteiger partial charge is 0.385 e. The molecule has 0 aliphatic rings. The number of hydrogen-bond acceptors (Lipinski definition) is 6. The van der Waals surface area contributed by atoms with Crippen LogP contribution in [0.5, 0.6) is 0 Å². The van der Waals surface area contributed by atoms with E-state index in [1.807, 2.05) is 0 Å². The standard InChI is InChI=1S/C8H13F2N5O/c1-4-13-6(2-7(14-4)15-11)12-3-5(16)8(9)10/h2,5,8,16H,3,11H2,1H3,(H2,12,13,14,15). The second-order valence-corrected chi connectivity index (χ2v) is 3.11. The monoisotopic (exact) mass is 233 g/mol. The van der Waals surface area contributed by atoms with Crippen LogP contribution in [-0.4, -0.2) is 34.1 Å². The number of nitrogens with zero attached hydrogens (tertiary/aromatic N) is 2. The molecule has 0 fully saturated rings. The van der Waals surface area contributed by atoms with Crippen molar-refractivity contribution in [1.82, 2.24) is 9.97 Å². The first-order chi connectivity index (χ1) is 7.52. The van der Waals surface area contributed by atoms with Gasteiger partial charge < -0.3 is 15.8 Å². The number of nitrogens with one attached hydrogen (secondary N) is 2. The molecule has 0 amide bonds. The summed E-state index contributed by atoms with van der Waals surface area (Å²) in [5, 5.41) is 11.5. The van der Waals surface area contributed by atoms with Gasteiger partial charge in [0.15, 0.2) is 0 Å². The Bertz CT molecular complexity index is 349. The van der Waals surface area contributed by atoms with Crippen LogP contribution in [0.2, 0.25) is 0 Å². The maximum absolute atomic E-state index is 12.0. The predicted octanol–water partition coefficient (Wildman–Crippen LogP) is 0.109. The van der Waals surface area contributed by atoms with Crippen molar-refractivity contribution in [1.29, 1.82) is 0 Å². The number of rotatable bonds is 5. The van der Waals surface area contributed by atoms with Crippen LogP contribution in [0.25, 0.3) is 0 Å². The molecule has 0 spiro atoms. The van der Waals surface area contributed by atoms with E-state index in [4.69, 9.17) is 10.9 Å². The highest BCUT2D eigenvalue weighted by Crippen LogP contribution is 2.10. The van der Waals surface area contributed by atoms with Gasteiger partial charge in [0.1, 0.15) is 23.6 Å². The van der Waals surface area contributed by atoms with Crippen molar-refractivity contribution in [3.63, 3.8) is 0 Å². The van der Waals surface area contributed by atoms with E-state index in [-0.39, 0.29) is 6.54 Å². The third-order valence-corrected chi connectivity index (χ3v) is 1.77. The molecule has 1 aromatic heterocycles. The molecule has 1 unspecified atom stereocenters. The zero-order valence-corrected chi connectivity index (χ0v) is 8.61. The van der Waals surface area contributed by atoms with E-state index >= 15 is 0 Å². The summed E-state index contributed by atoms with van der Waals surface area (Å²) < 4.78 is 24.0. The van der Waals surface area contributed by atoms with Gasteiger partial charge >= 0.3 is 0 Å². The SMILES string of the molecule is Cc1nc(NN)cc(NCC(O)C(F)F)n1. The molecule has 0 bridgehead atoms. The average molecular weight is 233 g/mol. The molecule has 0 aliphatic heterocycles. The first-order valence-corrected chi connectivity index (χ1v) is 4.55. The fourth-order valence-electron chi connectivity index (χ4n) is 1.03. The second kappa shape index (κ2) is 5.52. The number of nitrogen functional groups attached to an aromatic ring is 1. The summed E-state index contributed by atoms with van der Waals surface area (Å²) in [6.07, 6.45) is -4.52. The number of hydrazine groups is 1. The van der Waals surface area contributed by atoms with Gasteiger partial charge in [-0.1, -0.05) is 0 Å². The van der Waals surface area contributed by atoms with Crippen LogP contribution in [0.1, 0.15) is 5.82 Å². The lowest BCUT2D eigenvalue weighted by Crippen LogP contribution is -2.27.